The van der Waals surface area contributed by atoms with Crippen molar-refractivity contribution in [2.24, 2.45) is 0 Å². The molecule has 0 aliphatic carbocycles. The number of nitrogens with one attached hydrogen (secondary N) is 3. The number of methoxy groups -OCH3 is 1. The minimum Gasteiger partial charge on any atom is -0.390 e. The van der Waals surface area contributed by atoms with Crippen LogP contribution >= 0.6 is 15.2 Å². The number of carbonyl (C=O) groups excluding carboxylic acids is 3. The van der Waals surface area contributed by atoms with E-state index in [0.29, 0.717) is 32.4 Å². The van der Waals surface area contributed by atoms with Gasteiger partial charge in [-0.1, -0.05) is 44.3 Å². The lowest BCUT2D eigenvalue weighted by Crippen LogP contribution is -2.33. The first kappa shape index (κ1) is 54.3. The molecular formula is C39H68N4O16P2. The van der Waals surface area contributed by atoms with E-state index in [2.05, 4.69) is 15.6 Å². The molecule has 20 nitrogen and oxygen atoms in total. The SMILES string of the molecule is CC(=O)NCCCCCCC(=O)NC/C=C/c1cn(C2CC(O)C(COP(C)(=O)O)O2)c(=O)[nH]c1=O.COC1CC(OCCCCCCCC(C)=O)OC1COP(C)(=O)OC. The molecule has 2 aliphatic heterocycles. The fraction of sp³-hybridized carbons (Fsp3) is 0.769. The van der Waals surface area contributed by atoms with Gasteiger partial charge >= 0.3 is 20.9 Å². The zero-order valence-corrected chi connectivity index (χ0v) is 38.2. The number of hydrogen-bond acceptors (Lipinski definition) is 15. The Bertz CT molecular complexity index is 1730. The van der Waals surface area contributed by atoms with Crippen molar-refractivity contribution in [1.29, 1.82) is 0 Å². The summed E-state index contributed by atoms with van der Waals surface area (Å²) in [6.45, 7) is 6.82. The number of ketones is 1. The summed E-state index contributed by atoms with van der Waals surface area (Å²) in [4.78, 5) is 69.5. The van der Waals surface area contributed by atoms with E-state index in [1.165, 1.54) is 33.0 Å². The van der Waals surface area contributed by atoms with Crippen molar-refractivity contribution in [3.8, 4) is 0 Å². The molecule has 61 heavy (non-hydrogen) atoms. The molecule has 0 saturated carbocycles. The molecule has 1 aromatic rings. The van der Waals surface area contributed by atoms with E-state index in [-0.39, 0.29) is 67.8 Å². The van der Waals surface area contributed by atoms with E-state index in [1.54, 1.807) is 20.1 Å². The summed E-state index contributed by atoms with van der Waals surface area (Å²) in [6.07, 6.45) is 11.0. The number of aromatic amines is 1. The Morgan fingerprint density at radius 3 is 2.21 bits per heavy atom. The van der Waals surface area contributed by atoms with Crippen LogP contribution < -0.4 is 21.9 Å². The second-order valence-corrected chi connectivity index (χ2v) is 19.1. The fourth-order valence-corrected chi connectivity index (χ4v) is 7.17. The van der Waals surface area contributed by atoms with Crippen LogP contribution in [0.5, 0.6) is 0 Å². The van der Waals surface area contributed by atoms with Crippen molar-refractivity contribution in [2.45, 2.75) is 134 Å². The second kappa shape index (κ2) is 28.7. The summed E-state index contributed by atoms with van der Waals surface area (Å²) in [7, 11) is -3.81. The molecule has 1 aromatic heterocycles. The van der Waals surface area contributed by atoms with Gasteiger partial charge in [0.05, 0.1) is 31.0 Å². The third-order valence-electron chi connectivity index (χ3n) is 9.66. The monoisotopic (exact) mass is 910 g/mol. The van der Waals surface area contributed by atoms with E-state index < -0.39 is 44.9 Å². The van der Waals surface area contributed by atoms with Gasteiger partial charge in [0.1, 0.15) is 24.2 Å². The summed E-state index contributed by atoms with van der Waals surface area (Å²) in [6, 6.07) is 0. The molecule has 3 heterocycles. The minimum absolute atomic E-state index is 0.0197. The number of amides is 2. The molecule has 2 saturated heterocycles. The van der Waals surface area contributed by atoms with E-state index in [4.69, 9.17) is 32.5 Å². The molecule has 8 atom stereocenters. The lowest BCUT2D eigenvalue weighted by Gasteiger charge is -2.19. The van der Waals surface area contributed by atoms with Crippen LogP contribution in [0.25, 0.3) is 6.08 Å². The molecule has 5 N–H and O–H groups in total. The van der Waals surface area contributed by atoms with E-state index in [1.807, 2.05) is 0 Å². The number of aliphatic hydroxyl groups is 1. The molecule has 2 amide bonds. The maximum atomic E-state index is 12.3. The number of carbonyl (C=O) groups is 3. The molecule has 22 heteroatoms. The maximum Gasteiger partial charge on any atom is 0.330 e. The number of Topliss-reactive ketones (excluding diaryl/α,β-unsaturated/α-hetero) is 1. The van der Waals surface area contributed by atoms with Crippen molar-refractivity contribution in [2.75, 3.05) is 60.5 Å². The van der Waals surface area contributed by atoms with Crippen molar-refractivity contribution in [1.82, 2.24) is 20.2 Å². The van der Waals surface area contributed by atoms with Gasteiger partial charge in [-0.3, -0.25) is 33.1 Å². The second-order valence-electron chi connectivity index (χ2n) is 15.1. The van der Waals surface area contributed by atoms with Crippen LogP contribution in [0.1, 0.15) is 109 Å². The van der Waals surface area contributed by atoms with Crippen molar-refractivity contribution in [3.63, 3.8) is 0 Å². The van der Waals surface area contributed by atoms with Crippen molar-refractivity contribution >= 4 is 38.9 Å². The van der Waals surface area contributed by atoms with Crippen LogP contribution in [0.2, 0.25) is 0 Å². The predicted octanol–water partition coefficient (Wildman–Crippen LogP) is 3.78. The molecule has 3 rings (SSSR count). The van der Waals surface area contributed by atoms with Gasteiger partial charge < -0.3 is 57.9 Å². The molecule has 0 spiro atoms. The highest BCUT2D eigenvalue weighted by Gasteiger charge is 2.38. The van der Waals surface area contributed by atoms with Gasteiger partial charge in [-0.25, -0.2) is 4.79 Å². The highest BCUT2D eigenvalue weighted by Crippen LogP contribution is 2.43. The number of nitrogens with zero attached hydrogens (tertiary/aromatic N) is 1. The molecule has 2 fully saturated rings. The molecule has 0 aromatic carbocycles. The molecule has 0 radical (unpaired) electrons. The average molecular weight is 911 g/mol. The Morgan fingerprint density at radius 2 is 1.56 bits per heavy atom. The fourth-order valence-electron chi connectivity index (χ4n) is 6.22. The van der Waals surface area contributed by atoms with Gasteiger partial charge in [0.25, 0.3) is 5.56 Å². The first-order valence-corrected chi connectivity index (χ1v) is 24.7. The molecule has 0 bridgehead atoms. The summed E-state index contributed by atoms with van der Waals surface area (Å²) in [5, 5.41) is 15.6. The normalized spacial score (nSPS) is 23.2. The third-order valence-corrected chi connectivity index (χ3v) is 11.6. The minimum atomic E-state index is -3.76. The quantitative estimate of drug-likeness (QED) is 0.0591. The van der Waals surface area contributed by atoms with E-state index >= 15 is 0 Å². The van der Waals surface area contributed by atoms with Crippen LogP contribution in [-0.2, 0) is 56.0 Å². The largest absolute Gasteiger partial charge is 0.390 e. The smallest absolute Gasteiger partial charge is 0.330 e. The highest BCUT2D eigenvalue weighted by atomic mass is 31.2. The Balaban J connectivity index is 0.000000449. The topological polar surface area (TPSA) is 269 Å². The zero-order chi connectivity index (χ0) is 45.4. The first-order chi connectivity index (χ1) is 28.8. The predicted molar refractivity (Wildman–Crippen MR) is 226 cm³/mol. The van der Waals surface area contributed by atoms with Gasteiger partial charge in [0, 0.05) is 86.0 Å². The Kier molecular flexibility index (Phi) is 25.6. The molecule has 350 valence electrons. The molecular weight excluding hydrogens is 842 g/mol. The zero-order valence-electron chi connectivity index (χ0n) is 36.4. The number of H-pyrrole nitrogens is 1. The summed E-state index contributed by atoms with van der Waals surface area (Å²) in [5.41, 5.74) is -1.21. The number of hydrogen-bond donors (Lipinski definition) is 5. The average Bonchev–Trinajstić information content (AvgIpc) is 3.77. The summed E-state index contributed by atoms with van der Waals surface area (Å²) in [5.74, 6) is 0.0845. The van der Waals surface area contributed by atoms with Crippen LogP contribution in [0.15, 0.2) is 21.9 Å². The Hall–Kier alpha value is -2.87. The van der Waals surface area contributed by atoms with Gasteiger partial charge in [-0.05, 0) is 32.6 Å². The van der Waals surface area contributed by atoms with Gasteiger partial charge in [0.2, 0.25) is 11.8 Å². The van der Waals surface area contributed by atoms with Gasteiger partial charge in [0.15, 0.2) is 6.29 Å². The first-order valence-electron chi connectivity index (χ1n) is 20.7. The third kappa shape index (κ3) is 23.4. The number of aliphatic hydroxyl groups excluding tert-OH is 1. The van der Waals surface area contributed by atoms with E-state index in [9.17, 15) is 43.1 Å². The van der Waals surface area contributed by atoms with Crippen molar-refractivity contribution in [3.05, 3.63) is 38.7 Å². The number of ether oxygens (including phenoxy) is 4. The lowest BCUT2D eigenvalue weighted by molar-refractivity contribution is -0.143. The lowest BCUT2D eigenvalue weighted by atomic mass is 10.1. The highest BCUT2D eigenvalue weighted by molar-refractivity contribution is 7.53. The Morgan fingerprint density at radius 1 is 0.902 bits per heavy atom. The van der Waals surface area contributed by atoms with Gasteiger partial charge in [-0.15, -0.1) is 0 Å². The molecule has 2 aliphatic rings. The molecule has 8 unspecified atom stereocenters. The van der Waals surface area contributed by atoms with E-state index in [0.717, 1.165) is 69.0 Å². The Labute approximate surface area is 357 Å². The number of rotatable bonds is 28. The van der Waals surface area contributed by atoms with Crippen LogP contribution in [0.3, 0.4) is 0 Å². The number of unbranched alkanes of at least 4 members (excludes halogenated alkanes) is 7. The van der Waals surface area contributed by atoms with Crippen LogP contribution in [0.4, 0.5) is 0 Å². The maximum absolute atomic E-state index is 12.3. The van der Waals surface area contributed by atoms with Gasteiger partial charge in [-0.2, -0.15) is 0 Å². The van der Waals surface area contributed by atoms with Crippen LogP contribution in [0, 0.1) is 0 Å². The summed E-state index contributed by atoms with van der Waals surface area (Å²) >= 11 is 0. The number of aromatic nitrogens is 2. The standard InChI is InChI=1S/C22H35N4O9P.C17H33O7P/c1-15(27)23-10-6-4-3-5-9-19(29)24-11-7-8-16-13-26(22(31)25-21(16)30)20-12-17(28)18(35-20)14-34-36(2,32)33;1-14(18)10-8-6-5-7-9-11-22-17-12-15(20-2)16(24-17)13-23-25(4,19)21-3/h7-8,13,17-18,20,28H,3-6,9-12,14H2,1-2H3,(H,23,27)(H,24,29)(H,32,33)(H,25,30,31);15-17H,5-13H2,1-4H3/b8-7+;. The van der Waals surface area contributed by atoms with Crippen molar-refractivity contribution < 1.29 is 66.0 Å². The summed E-state index contributed by atoms with van der Waals surface area (Å²) < 4.78 is 61.7. The van der Waals surface area contributed by atoms with Crippen LogP contribution in [-0.4, -0.2) is 128 Å².